The third-order valence-corrected chi connectivity index (χ3v) is 4.99. The minimum Gasteiger partial charge on any atom is -0.504 e. The van der Waals surface area contributed by atoms with Crippen molar-refractivity contribution in [2.24, 2.45) is 10.9 Å². The lowest BCUT2D eigenvalue weighted by Gasteiger charge is -2.24. The van der Waals surface area contributed by atoms with Crippen LogP contribution in [0.25, 0.3) is 0 Å². The van der Waals surface area contributed by atoms with Gasteiger partial charge >= 0.3 is 0 Å². The second-order valence-corrected chi connectivity index (χ2v) is 6.76. The van der Waals surface area contributed by atoms with Crippen molar-refractivity contribution in [3.05, 3.63) is 23.8 Å². The number of aromatic hydroxyl groups is 1. The number of hydrogen-bond acceptors (Lipinski definition) is 4. The van der Waals surface area contributed by atoms with Crippen LogP contribution in [0, 0.1) is 5.92 Å². The van der Waals surface area contributed by atoms with Gasteiger partial charge in [0.05, 0.1) is 13.7 Å². The molecule has 0 amide bonds. The Morgan fingerprint density at radius 3 is 2.67 bits per heavy atom. The monoisotopic (exact) mass is 490 g/mol. The molecule has 1 saturated heterocycles. The van der Waals surface area contributed by atoms with E-state index in [1.54, 1.807) is 19.2 Å². The first-order valence-electron chi connectivity index (χ1n) is 9.72. The number of ether oxygens (including phenoxy) is 1. The first-order chi connectivity index (χ1) is 12.6. The molecule has 1 aromatic rings. The van der Waals surface area contributed by atoms with Crippen molar-refractivity contribution < 1.29 is 9.84 Å². The van der Waals surface area contributed by atoms with Crippen molar-refractivity contribution in [1.82, 2.24) is 15.1 Å². The molecule has 27 heavy (non-hydrogen) atoms. The zero-order valence-electron chi connectivity index (χ0n) is 17.1. The van der Waals surface area contributed by atoms with Crippen LogP contribution >= 0.6 is 24.0 Å². The number of nitrogens with zero attached hydrogens (tertiary/aromatic N) is 3. The van der Waals surface area contributed by atoms with Crippen molar-refractivity contribution in [3.8, 4) is 11.5 Å². The highest BCUT2D eigenvalue weighted by molar-refractivity contribution is 14.0. The average molecular weight is 490 g/mol. The Morgan fingerprint density at radius 1 is 1.33 bits per heavy atom. The second-order valence-electron chi connectivity index (χ2n) is 6.76. The lowest BCUT2D eigenvalue weighted by atomic mass is 10.1. The van der Waals surface area contributed by atoms with Gasteiger partial charge < -0.3 is 25.0 Å². The summed E-state index contributed by atoms with van der Waals surface area (Å²) in [6, 6.07) is 5.45. The number of phenolic OH excluding ortho intramolecular Hbond substituents is 1. The Kier molecular flexibility index (Phi) is 10.8. The van der Waals surface area contributed by atoms with Crippen LogP contribution in [0.3, 0.4) is 0 Å². The van der Waals surface area contributed by atoms with Crippen LogP contribution in [0.15, 0.2) is 23.2 Å². The molecule has 1 aromatic carbocycles. The molecular weight excluding hydrogens is 455 g/mol. The highest BCUT2D eigenvalue weighted by atomic mass is 127. The molecule has 2 rings (SSSR count). The molecule has 0 spiro atoms. The van der Waals surface area contributed by atoms with Crippen LogP contribution in [-0.2, 0) is 6.54 Å². The molecule has 0 saturated carbocycles. The van der Waals surface area contributed by atoms with E-state index in [0.29, 0.717) is 18.2 Å². The maximum absolute atomic E-state index is 9.93. The lowest BCUT2D eigenvalue weighted by Crippen LogP contribution is -2.40. The molecule has 154 valence electrons. The van der Waals surface area contributed by atoms with Gasteiger partial charge in [0.25, 0.3) is 0 Å². The Morgan fingerprint density at radius 2 is 2.07 bits per heavy atom. The number of halogens is 1. The Hall–Kier alpha value is -1.22. The van der Waals surface area contributed by atoms with Gasteiger partial charge in [-0.1, -0.05) is 19.9 Å². The van der Waals surface area contributed by atoms with Crippen molar-refractivity contribution in [3.63, 3.8) is 0 Å². The summed E-state index contributed by atoms with van der Waals surface area (Å²) >= 11 is 0. The summed E-state index contributed by atoms with van der Waals surface area (Å²) < 4.78 is 5.10. The van der Waals surface area contributed by atoms with E-state index in [-0.39, 0.29) is 29.7 Å². The van der Waals surface area contributed by atoms with E-state index in [9.17, 15) is 5.11 Å². The molecule has 1 fully saturated rings. The Balaban J connectivity index is 0.00000364. The van der Waals surface area contributed by atoms with Gasteiger partial charge in [0.15, 0.2) is 17.5 Å². The number of rotatable bonds is 8. The fourth-order valence-corrected chi connectivity index (χ4v) is 3.45. The average Bonchev–Trinajstić information content (AvgIpc) is 3.11. The van der Waals surface area contributed by atoms with E-state index in [2.05, 4.69) is 35.9 Å². The summed E-state index contributed by atoms with van der Waals surface area (Å²) in [6.45, 7) is 13.4. The summed E-state index contributed by atoms with van der Waals surface area (Å²) in [4.78, 5) is 9.64. The minimum absolute atomic E-state index is 0. The first-order valence-corrected chi connectivity index (χ1v) is 9.72. The topological polar surface area (TPSA) is 60.3 Å². The highest BCUT2D eigenvalue weighted by Crippen LogP contribution is 2.26. The van der Waals surface area contributed by atoms with E-state index >= 15 is 0 Å². The van der Waals surface area contributed by atoms with E-state index in [0.717, 1.165) is 50.8 Å². The molecular formula is C20H35IN4O2. The SMILES string of the molecule is CCNC(=NCc1ccc(OC)c(O)c1)N1CCC(CN(CC)CC)C1.I. The summed E-state index contributed by atoms with van der Waals surface area (Å²) in [7, 11) is 1.55. The molecule has 0 aliphatic carbocycles. The largest absolute Gasteiger partial charge is 0.504 e. The van der Waals surface area contributed by atoms with Crippen molar-refractivity contribution in [1.29, 1.82) is 0 Å². The van der Waals surface area contributed by atoms with Crippen LogP contribution in [0.2, 0.25) is 0 Å². The highest BCUT2D eigenvalue weighted by Gasteiger charge is 2.25. The zero-order chi connectivity index (χ0) is 18.9. The van der Waals surface area contributed by atoms with Gasteiger partial charge in [-0.3, -0.25) is 0 Å². The van der Waals surface area contributed by atoms with Crippen molar-refractivity contribution in [2.45, 2.75) is 33.7 Å². The van der Waals surface area contributed by atoms with E-state index in [4.69, 9.17) is 9.73 Å². The number of hydrogen-bond donors (Lipinski definition) is 2. The predicted octanol–water partition coefficient (Wildman–Crippen LogP) is 3.15. The van der Waals surface area contributed by atoms with Crippen molar-refractivity contribution >= 4 is 29.9 Å². The summed E-state index contributed by atoms with van der Waals surface area (Å²) in [5, 5.41) is 13.3. The number of aliphatic imine (C=N–C) groups is 1. The molecule has 7 heteroatoms. The lowest BCUT2D eigenvalue weighted by molar-refractivity contribution is 0.255. The van der Waals surface area contributed by atoms with E-state index in [1.807, 2.05) is 6.07 Å². The molecule has 0 bridgehead atoms. The van der Waals surface area contributed by atoms with Crippen LogP contribution < -0.4 is 10.1 Å². The van der Waals surface area contributed by atoms with E-state index < -0.39 is 0 Å². The van der Waals surface area contributed by atoms with Crippen LogP contribution in [0.4, 0.5) is 0 Å². The molecule has 2 N–H and O–H groups in total. The van der Waals surface area contributed by atoms with Crippen LogP contribution in [-0.4, -0.2) is 67.2 Å². The summed E-state index contributed by atoms with van der Waals surface area (Å²) in [6.07, 6.45) is 1.21. The standard InChI is InChI=1S/C20H34N4O2.HI/c1-5-21-20(22-13-16-8-9-19(26-4)18(25)12-16)24-11-10-17(15-24)14-23(6-2)7-3;/h8-9,12,17,25H,5-7,10-11,13-15H2,1-4H3,(H,21,22);1H. The molecule has 0 radical (unpaired) electrons. The van der Waals surface area contributed by atoms with Crippen molar-refractivity contribution in [2.75, 3.05) is 46.4 Å². The van der Waals surface area contributed by atoms with Gasteiger partial charge in [-0.25, -0.2) is 4.99 Å². The molecule has 1 heterocycles. The molecule has 1 unspecified atom stereocenters. The quantitative estimate of drug-likeness (QED) is 0.333. The van der Waals surface area contributed by atoms with Gasteiger partial charge in [-0.05, 0) is 50.0 Å². The number of phenols is 1. The van der Waals surface area contributed by atoms with Gasteiger partial charge in [0.2, 0.25) is 0 Å². The third-order valence-electron chi connectivity index (χ3n) is 4.99. The zero-order valence-corrected chi connectivity index (χ0v) is 19.4. The number of likely N-dealkylation sites (tertiary alicyclic amines) is 1. The molecule has 6 nitrogen and oxygen atoms in total. The van der Waals surface area contributed by atoms with Crippen LogP contribution in [0.1, 0.15) is 32.8 Å². The maximum atomic E-state index is 9.93. The van der Waals surface area contributed by atoms with E-state index in [1.165, 1.54) is 6.42 Å². The molecule has 0 aromatic heterocycles. The van der Waals surface area contributed by atoms with Gasteiger partial charge in [-0.2, -0.15) is 0 Å². The number of benzene rings is 1. The second kappa shape index (κ2) is 12.3. The smallest absolute Gasteiger partial charge is 0.194 e. The van der Waals surface area contributed by atoms with Gasteiger partial charge in [0, 0.05) is 26.2 Å². The maximum Gasteiger partial charge on any atom is 0.194 e. The fourth-order valence-electron chi connectivity index (χ4n) is 3.45. The molecule has 1 aliphatic rings. The Bertz CT molecular complexity index is 593. The number of guanidine groups is 1. The Labute approximate surface area is 181 Å². The normalized spacial score (nSPS) is 17.1. The number of methoxy groups -OCH3 is 1. The predicted molar refractivity (Wildman–Crippen MR) is 122 cm³/mol. The van der Waals surface area contributed by atoms with Gasteiger partial charge in [0.1, 0.15) is 0 Å². The summed E-state index contributed by atoms with van der Waals surface area (Å²) in [5.41, 5.74) is 0.970. The van der Waals surface area contributed by atoms with Crippen LogP contribution in [0.5, 0.6) is 11.5 Å². The molecule has 1 atom stereocenters. The number of nitrogens with one attached hydrogen (secondary N) is 1. The van der Waals surface area contributed by atoms with Gasteiger partial charge in [-0.15, -0.1) is 24.0 Å². The minimum atomic E-state index is 0. The fraction of sp³-hybridized carbons (Fsp3) is 0.650. The first kappa shape index (κ1) is 23.8. The third kappa shape index (κ3) is 7.03. The molecule has 1 aliphatic heterocycles. The summed E-state index contributed by atoms with van der Waals surface area (Å²) in [5.74, 6) is 2.31.